The highest BCUT2D eigenvalue weighted by atomic mass is 35.5. The molecule has 0 bridgehead atoms. The molecule has 0 saturated heterocycles. The summed E-state index contributed by atoms with van der Waals surface area (Å²) in [6.07, 6.45) is 3.19. The molecule has 44 heavy (non-hydrogen) atoms. The lowest BCUT2D eigenvalue weighted by atomic mass is 9.95. The van der Waals surface area contributed by atoms with E-state index in [1.54, 1.807) is 34.5 Å². The predicted molar refractivity (Wildman–Crippen MR) is 173 cm³/mol. The van der Waals surface area contributed by atoms with E-state index in [0.717, 1.165) is 61.8 Å². The van der Waals surface area contributed by atoms with Crippen molar-refractivity contribution in [3.05, 3.63) is 88.7 Å². The number of fused-ring (bicyclic) bond motifs is 2. The molecule has 0 spiro atoms. The SMILES string of the molecule is COc1ccc(-c2c(Cc3c(OC)cc(OC)c4c(-c5ccc(Cl)cc5)c[nH]c34)[nH]c3c(C=O)c(OC)cc(OC)c23)cc1. The Bertz CT molecular complexity index is 1990. The van der Waals surface area contributed by atoms with Gasteiger partial charge in [0, 0.05) is 57.5 Å². The molecule has 0 atom stereocenters. The fourth-order valence-corrected chi connectivity index (χ4v) is 6.05. The first-order valence-corrected chi connectivity index (χ1v) is 14.2. The number of hydrogen-bond acceptors (Lipinski definition) is 6. The molecular formula is C35H31ClN2O6. The molecule has 224 valence electrons. The van der Waals surface area contributed by atoms with E-state index in [2.05, 4.69) is 9.97 Å². The van der Waals surface area contributed by atoms with E-state index in [1.807, 2.05) is 60.8 Å². The average molecular weight is 611 g/mol. The van der Waals surface area contributed by atoms with E-state index in [-0.39, 0.29) is 0 Å². The topological polar surface area (TPSA) is 94.8 Å². The summed E-state index contributed by atoms with van der Waals surface area (Å²) in [5.41, 5.74) is 7.42. The summed E-state index contributed by atoms with van der Waals surface area (Å²) in [5.74, 6) is 3.05. The van der Waals surface area contributed by atoms with E-state index in [9.17, 15) is 4.79 Å². The number of aromatic nitrogens is 2. The van der Waals surface area contributed by atoms with Crippen molar-refractivity contribution in [2.45, 2.75) is 6.42 Å². The predicted octanol–water partition coefficient (Wildman–Crippen LogP) is 8.08. The van der Waals surface area contributed by atoms with Crippen molar-refractivity contribution in [2.75, 3.05) is 35.5 Å². The molecule has 8 nitrogen and oxygen atoms in total. The minimum absolute atomic E-state index is 0.404. The van der Waals surface area contributed by atoms with Crippen LogP contribution in [-0.4, -0.2) is 51.8 Å². The van der Waals surface area contributed by atoms with Crippen LogP contribution in [0.1, 0.15) is 21.6 Å². The highest BCUT2D eigenvalue weighted by Gasteiger charge is 2.26. The lowest BCUT2D eigenvalue weighted by molar-refractivity contribution is 0.112. The fraction of sp³-hybridized carbons (Fsp3) is 0.171. The maximum Gasteiger partial charge on any atom is 0.155 e. The van der Waals surface area contributed by atoms with Crippen LogP contribution in [0.25, 0.3) is 44.1 Å². The molecule has 0 saturated carbocycles. The number of ether oxygens (including phenoxy) is 5. The van der Waals surface area contributed by atoms with Gasteiger partial charge in [-0.15, -0.1) is 0 Å². The largest absolute Gasteiger partial charge is 0.497 e. The molecule has 0 amide bonds. The van der Waals surface area contributed by atoms with Crippen LogP contribution < -0.4 is 23.7 Å². The van der Waals surface area contributed by atoms with Crippen LogP contribution in [0.15, 0.2) is 66.9 Å². The number of methoxy groups -OCH3 is 5. The lowest BCUT2D eigenvalue weighted by Crippen LogP contribution is -1.99. The summed E-state index contributed by atoms with van der Waals surface area (Å²) in [6, 6.07) is 19.1. The zero-order valence-corrected chi connectivity index (χ0v) is 25.7. The number of H-pyrrole nitrogens is 2. The summed E-state index contributed by atoms with van der Waals surface area (Å²) < 4.78 is 28.6. The summed E-state index contributed by atoms with van der Waals surface area (Å²) in [7, 11) is 8.05. The molecule has 2 N–H and O–H groups in total. The van der Waals surface area contributed by atoms with Crippen LogP contribution in [0.5, 0.6) is 28.7 Å². The minimum Gasteiger partial charge on any atom is -0.497 e. The zero-order valence-electron chi connectivity index (χ0n) is 25.0. The second-order valence-corrected chi connectivity index (χ2v) is 10.6. The van der Waals surface area contributed by atoms with Crippen LogP contribution >= 0.6 is 11.6 Å². The van der Waals surface area contributed by atoms with Gasteiger partial charge in [-0.05, 0) is 35.4 Å². The van der Waals surface area contributed by atoms with Gasteiger partial charge < -0.3 is 33.7 Å². The molecule has 0 radical (unpaired) electrons. The van der Waals surface area contributed by atoms with E-state index in [0.29, 0.717) is 45.5 Å². The molecule has 0 aliphatic rings. The van der Waals surface area contributed by atoms with Gasteiger partial charge in [-0.25, -0.2) is 0 Å². The normalized spacial score (nSPS) is 11.1. The van der Waals surface area contributed by atoms with Crippen LogP contribution in [0, 0.1) is 0 Å². The number of aromatic amines is 2. The molecule has 9 heteroatoms. The number of nitrogens with one attached hydrogen (secondary N) is 2. The molecule has 0 fully saturated rings. The summed E-state index contributed by atoms with van der Waals surface area (Å²) in [6.45, 7) is 0. The van der Waals surface area contributed by atoms with Gasteiger partial charge in [0.2, 0.25) is 0 Å². The third-order valence-corrected chi connectivity index (χ3v) is 8.25. The Kier molecular flexibility index (Phi) is 7.84. The average Bonchev–Trinajstić information content (AvgIpc) is 3.67. The first kappa shape index (κ1) is 29.0. The van der Waals surface area contributed by atoms with Crippen molar-refractivity contribution in [3.63, 3.8) is 0 Å². The maximum atomic E-state index is 12.4. The van der Waals surface area contributed by atoms with E-state index < -0.39 is 0 Å². The number of halogens is 1. The van der Waals surface area contributed by atoms with E-state index >= 15 is 0 Å². The fourth-order valence-electron chi connectivity index (χ4n) is 5.92. The van der Waals surface area contributed by atoms with Crippen molar-refractivity contribution in [1.82, 2.24) is 9.97 Å². The first-order valence-electron chi connectivity index (χ1n) is 13.9. The van der Waals surface area contributed by atoms with E-state index in [1.165, 1.54) is 7.11 Å². The Labute approximate surface area is 259 Å². The van der Waals surface area contributed by atoms with Gasteiger partial charge in [-0.1, -0.05) is 35.9 Å². The van der Waals surface area contributed by atoms with Crippen molar-refractivity contribution in [1.29, 1.82) is 0 Å². The Morgan fingerprint density at radius 1 is 0.705 bits per heavy atom. The molecule has 6 aromatic rings. The van der Waals surface area contributed by atoms with Crippen LogP contribution in [0.4, 0.5) is 0 Å². The standard InChI is InChI=1S/C35H31ClN2O6/c1-40-22-12-8-20(9-13-22)31-26(38-35-25(18-39)28(42-3)16-30(44-5)33(31)35)14-23-27(41-2)15-29(43-4)32-24(17-37-34(23)32)19-6-10-21(36)11-7-19/h6-13,15-18,37-38H,14H2,1-5H3. The second kappa shape index (κ2) is 11.9. The van der Waals surface area contributed by atoms with E-state index in [4.69, 9.17) is 35.3 Å². The molecule has 2 heterocycles. The Morgan fingerprint density at radius 2 is 1.32 bits per heavy atom. The second-order valence-electron chi connectivity index (χ2n) is 10.2. The summed E-state index contributed by atoms with van der Waals surface area (Å²) >= 11 is 6.18. The lowest BCUT2D eigenvalue weighted by Gasteiger charge is -2.15. The van der Waals surface area contributed by atoms with Crippen LogP contribution in [0.3, 0.4) is 0 Å². The zero-order chi connectivity index (χ0) is 31.0. The number of benzene rings is 4. The monoisotopic (exact) mass is 610 g/mol. The Balaban J connectivity index is 1.64. The number of rotatable bonds is 10. The smallest absolute Gasteiger partial charge is 0.155 e. The highest BCUT2D eigenvalue weighted by Crippen LogP contribution is 2.46. The van der Waals surface area contributed by atoms with Gasteiger partial charge >= 0.3 is 0 Å². The third-order valence-electron chi connectivity index (χ3n) is 7.99. The summed E-state index contributed by atoms with van der Waals surface area (Å²) in [4.78, 5) is 19.4. The maximum absolute atomic E-state index is 12.4. The summed E-state index contributed by atoms with van der Waals surface area (Å²) in [5, 5.41) is 2.35. The Morgan fingerprint density at radius 3 is 1.93 bits per heavy atom. The van der Waals surface area contributed by atoms with Gasteiger partial charge in [0.05, 0.1) is 57.5 Å². The van der Waals surface area contributed by atoms with Gasteiger partial charge in [0.1, 0.15) is 28.7 Å². The number of carbonyl (C=O) groups is 1. The molecular weight excluding hydrogens is 580 g/mol. The number of hydrogen-bond donors (Lipinski definition) is 2. The molecule has 4 aromatic carbocycles. The third kappa shape index (κ3) is 4.77. The van der Waals surface area contributed by atoms with Gasteiger partial charge in [-0.2, -0.15) is 0 Å². The molecule has 0 aliphatic carbocycles. The van der Waals surface area contributed by atoms with Crippen molar-refractivity contribution in [2.24, 2.45) is 0 Å². The van der Waals surface area contributed by atoms with Crippen molar-refractivity contribution in [3.8, 4) is 51.0 Å². The van der Waals surface area contributed by atoms with Crippen LogP contribution in [0.2, 0.25) is 5.02 Å². The highest BCUT2D eigenvalue weighted by molar-refractivity contribution is 6.30. The Hall–Kier alpha value is -5.08. The van der Waals surface area contributed by atoms with Crippen molar-refractivity contribution < 1.29 is 28.5 Å². The minimum atomic E-state index is 0.404. The van der Waals surface area contributed by atoms with Crippen molar-refractivity contribution >= 4 is 39.7 Å². The van der Waals surface area contributed by atoms with Crippen LogP contribution in [-0.2, 0) is 6.42 Å². The number of aldehydes is 1. The molecule has 6 rings (SSSR count). The van der Waals surface area contributed by atoms with Gasteiger partial charge in [-0.3, -0.25) is 4.79 Å². The first-order chi connectivity index (χ1) is 21.5. The van der Waals surface area contributed by atoms with Gasteiger partial charge in [0.25, 0.3) is 0 Å². The molecule has 0 unspecified atom stereocenters. The van der Waals surface area contributed by atoms with Gasteiger partial charge in [0.15, 0.2) is 6.29 Å². The molecule has 0 aliphatic heterocycles. The quantitative estimate of drug-likeness (QED) is 0.152. The number of carbonyl (C=O) groups excluding carboxylic acids is 1. The molecule has 2 aromatic heterocycles.